The zero-order chi connectivity index (χ0) is 19.9. The molecule has 1 atom stereocenters. The van der Waals surface area contributed by atoms with Gasteiger partial charge in [-0.15, -0.1) is 0 Å². The molecule has 1 aromatic carbocycles. The van der Waals surface area contributed by atoms with Crippen molar-refractivity contribution in [3.05, 3.63) is 35.4 Å². The normalized spacial score (nSPS) is 20.0. The smallest absolute Gasteiger partial charge is 0.222 e. The molecular formula is C21H31N5O2. The van der Waals surface area contributed by atoms with E-state index in [1.807, 2.05) is 16.7 Å². The summed E-state index contributed by atoms with van der Waals surface area (Å²) in [4.78, 5) is 31.7. The van der Waals surface area contributed by atoms with Gasteiger partial charge in [0.05, 0.1) is 0 Å². The minimum absolute atomic E-state index is 0.211. The highest BCUT2D eigenvalue weighted by Crippen LogP contribution is 2.15. The second kappa shape index (κ2) is 9.57. The van der Waals surface area contributed by atoms with E-state index in [-0.39, 0.29) is 17.9 Å². The van der Waals surface area contributed by atoms with Crippen molar-refractivity contribution in [3.63, 3.8) is 0 Å². The van der Waals surface area contributed by atoms with Gasteiger partial charge in [-0.1, -0.05) is 31.2 Å². The Morgan fingerprint density at radius 3 is 2.61 bits per heavy atom. The Kier molecular flexibility index (Phi) is 6.90. The maximum atomic E-state index is 11.8. The van der Waals surface area contributed by atoms with Crippen molar-refractivity contribution >= 4 is 17.8 Å². The summed E-state index contributed by atoms with van der Waals surface area (Å²) in [6.07, 6.45) is 3.15. The molecule has 0 saturated carbocycles. The first-order chi connectivity index (χ1) is 13.6. The first-order valence-corrected chi connectivity index (χ1v) is 10.2. The fourth-order valence-corrected chi connectivity index (χ4v) is 3.76. The number of aliphatic imine (C=N–C) groups is 1. The number of amides is 2. The van der Waals surface area contributed by atoms with E-state index in [1.165, 1.54) is 0 Å². The molecule has 2 fully saturated rings. The van der Waals surface area contributed by atoms with E-state index in [4.69, 9.17) is 0 Å². The molecule has 152 valence electrons. The van der Waals surface area contributed by atoms with E-state index in [1.54, 1.807) is 7.05 Å². The van der Waals surface area contributed by atoms with Gasteiger partial charge in [-0.05, 0) is 24.0 Å². The molecule has 0 aromatic heterocycles. The standard InChI is InChI=1S/C21H31N5O2/c1-3-19(27)26-12-10-18(15-26)24-21(22-2)23-13-16-6-8-17(9-7-16)14-25-11-4-5-20(25)28/h6-9,18H,3-5,10-15H2,1-2H3,(H2,22,23,24). The Labute approximate surface area is 167 Å². The average molecular weight is 386 g/mol. The van der Waals surface area contributed by atoms with Gasteiger partial charge in [0.15, 0.2) is 5.96 Å². The van der Waals surface area contributed by atoms with Crippen molar-refractivity contribution in [1.82, 2.24) is 20.4 Å². The number of guanidine groups is 1. The topological polar surface area (TPSA) is 77.0 Å². The summed E-state index contributed by atoms with van der Waals surface area (Å²) in [6.45, 7) is 5.68. The Morgan fingerprint density at radius 1 is 1.21 bits per heavy atom. The molecule has 28 heavy (non-hydrogen) atoms. The molecule has 7 heteroatoms. The monoisotopic (exact) mass is 385 g/mol. The minimum Gasteiger partial charge on any atom is -0.352 e. The predicted molar refractivity (Wildman–Crippen MR) is 110 cm³/mol. The van der Waals surface area contributed by atoms with Gasteiger partial charge in [0.2, 0.25) is 11.8 Å². The van der Waals surface area contributed by atoms with Crippen LogP contribution in [0.4, 0.5) is 0 Å². The molecule has 2 heterocycles. The third-order valence-corrected chi connectivity index (χ3v) is 5.44. The Balaban J connectivity index is 1.45. The van der Waals surface area contributed by atoms with Crippen molar-refractivity contribution in [2.24, 2.45) is 4.99 Å². The second-order valence-corrected chi connectivity index (χ2v) is 7.48. The maximum absolute atomic E-state index is 11.8. The van der Waals surface area contributed by atoms with E-state index < -0.39 is 0 Å². The zero-order valence-electron chi connectivity index (χ0n) is 16.9. The van der Waals surface area contributed by atoms with Crippen LogP contribution in [0.2, 0.25) is 0 Å². The van der Waals surface area contributed by atoms with E-state index in [9.17, 15) is 9.59 Å². The predicted octanol–water partition coefficient (Wildman–Crippen LogP) is 1.48. The Hall–Kier alpha value is -2.57. The molecule has 1 aromatic rings. The molecular weight excluding hydrogens is 354 g/mol. The molecule has 2 aliphatic heterocycles. The summed E-state index contributed by atoms with van der Waals surface area (Å²) in [6, 6.07) is 8.59. The van der Waals surface area contributed by atoms with Crippen molar-refractivity contribution in [3.8, 4) is 0 Å². The van der Waals surface area contributed by atoms with Gasteiger partial charge in [-0.2, -0.15) is 0 Å². The van der Waals surface area contributed by atoms with Crippen LogP contribution < -0.4 is 10.6 Å². The van der Waals surface area contributed by atoms with Crippen LogP contribution in [0.15, 0.2) is 29.3 Å². The van der Waals surface area contributed by atoms with Gasteiger partial charge < -0.3 is 20.4 Å². The third kappa shape index (κ3) is 5.24. The summed E-state index contributed by atoms with van der Waals surface area (Å²) < 4.78 is 0. The number of rotatable bonds is 6. The lowest BCUT2D eigenvalue weighted by molar-refractivity contribution is -0.130. The summed E-state index contributed by atoms with van der Waals surface area (Å²) in [5, 5.41) is 6.75. The number of likely N-dealkylation sites (tertiary alicyclic amines) is 2. The maximum Gasteiger partial charge on any atom is 0.222 e. The highest BCUT2D eigenvalue weighted by molar-refractivity contribution is 5.80. The van der Waals surface area contributed by atoms with E-state index in [0.29, 0.717) is 25.9 Å². The number of nitrogens with one attached hydrogen (secondary N) is 2. The van der Waals surface area contributed by atoms with Crippen LogP contribution in [0.1, 0.15) is 43.7 Å². The van der Waals surface area contributed by atoms with Gasteiger partial charge in [0.1, 0.15) is 0 Å². The third-order valence-electron chi connectivity index (χ3n) is 5.44. The number of hydrogen-bond donors (Lipinski definition) is 2. The van der Waals surface area contributed by atoms with E-state index in [0.717, 1.165) is 49.6 Å². The van der Waals surface area contributed by atoms with Gasteiger partial charge >= 0.3 is 0 Å². The molecule has 2 saturated heterocycles. The number of carbonyl (C=O) groups excluding carboxylic acids is 2. The van der Waals surface area contributed by atoms with Crippen molar-refractivity contribution in [2.45, 2.75) is 51.7 Å². The van der Waals surface area contributed by atoms with Crippen molar-refractivity contribution in [1.29, 1.82) is 0 Å². The largest absolute Gasteiger partial charge is 0.352 e. The van der Waals surface area contributed by atoms with Crippen molar-refractivity contribution < 1.29 is 9.59 Å². The quantitative estimate of drug-likeness (QED) is 0.575. The fraction of sp³-hybridized carbons (Fsp3) is 0.571. The lowest BCUT2D eigenvalue weighted by atomic mass is 10.1. The molecule has 0 radical (unpaired) electrons. The molecule has 0 aliphatic carbocycles. The highest BCUT2D eigenvalue weighted by atomic mass is 16.2. The number of carbonyl (C=O) groups is 2. The lowest BCUT2D eigenvalue weighted by Gasteiger charge is -2.19. The number of hydrogen-bond acceptors (Lipinski definition) is 3. The highest BCUT2D eigenvalue weighted by Gasteiger charge is 2.25. The SMILES string of the molecule is CCC(=O)N1CCC(NC(=NC)NCc2ccc(CN3CCCC3=O)cc2)C1. The van der Waals surface area contributed by atoms with Crippen LogP contribution in [-0.4, -0.2) is 60.3 Å². The van der Waals surface area contributed by atoms with Crippen molar-refractivity contribution in [2.75, 3.05) is 26.7 Å². The second-order valence-electron chi connectivity index (χ2n) is 7.48. The minimum atomic E-state index is 0.211. The molecule has 2 aliphatic rings. The van der Waals surface area contributed by atoms with E-state index in [2.05, 4.69) is 39.9 Å². The molecule has 1 unspecified atom stereocenters. The first kappa shape index (κ1) is 20.2. The Bertz CT molecular complexity index is 716. The summed E-state index contributed by atoms with van der Waals surface area (Å²) in [5.41, 5.74) is 2.32. The lowest BCUT2D eigenvalue weighted by Crippen LogP contribution is -2.44. The van der Waals surface area contributed by atoms with Crippen LogP contribution in [0.25, 0.3) is 0 Å². The van der Waals surface area contributed by atoms with Gasteiger partial charge in [-0.25, -0.2) is 0 Å². The summed E-state index contributed by atoms with van der Waals surface area (Å²) in [5.74, 6) is 1.22. The van der Waals surface area contributed by atoms with Crippen LogP contribution in [0, 0.1) is 0 Å². The van der Waals surface area contributed by atoms with Crippen LogP contribution in [0.3, 0.4) is 0 Å². The number of benzene rings is 1. The number of nitrogens with zero attached hydrogens (tertiary/aromatic N) is 3. The van der Waals surface area contributed by atoms with E-state index >= 15 is 0 Å². The summed E-state index contributed by atoms with van der Waals surface area (Å²) >= 11 is 0. The molecule has 7 nitrogen and oxygen atoms in total. The fourth-order valence-electron chi connectivity index (χ4n) is 3.76. The molecule has 2 amide bonds. The average Bonchev–Trinajstić information content (AvgIpc) is 3.35. The summed E-state index contributed by atoms with van der Waals surface area (Å²) in [7, 11) is 1.76. The van der Waals surface area contributed by atoms with Crippen LogP contribution in [-0.2, 0) is 22.7 Å². The zero-order valence-corrected chi connectivity index (χ0v) is 16.9. The van der Waals surface area contributed by atoms with Gasteiger partial charge in [0.25, 0.3) is 0 Å². The molecule has 2 N–H and O–H groups in total. The molecule has 0 spiro atoms. The Morgan fingerprint density at radius 2 is 1.96 bits per heavy atom. The van der Waals surface area contributed by atoms with Gasteiger partial charge in [0, 0.05) is 58.7 Å². The first-order valence-electron chi connectivity index (χ1n) is 10.2. The molecule has 0 bridgehead atoms. The molecule has 3 rings (SSSR count). The van der Waals surface area contributed by atoms with Gasteiger partial charge in [-0.3, -0.25) is 14.6 Å². The van der Waals surface area contributed by atoms with Crippen LogP contribution >= 0.6 is 0 Å². The van der Waals surface area contributed by atoms with Crippen LogP contribution in [0.5, 0.6) is 0 Å².